The summed E-state index contributed by atoms with van der Waals surface area (Å²) in [5.41, 5.74) is 0.805. The van der Waals surface area contributed by atoms with Gasteiger partial charge in [0.2, 0.25) is 7.37 Å². The number of benzene rings is 2. The lowest BCUT2D eigenvalue weighted by Gasteiger charge is -2.19. The van der Waals surface area contributed by atoms with Crippen LogP contribution in [-0.2, 0) is 29.6 Å². The first-order valence-electron chi connectivity index (χ1n) is 8.26. The topological polar surface area (TPSA) is 69.7 Å². The van der Waals surface area contributed by atoms with E-state index in [9.17, 15) is 13.0 Å². The minimum absolute atomic E-state index is 0.0401. The van der Waals surface area contributed by atoms with Crippen molar-refractivity contribution in [1.82, 2.24) is 0 Å². The van der Waals surface area contributed by atoms with Crippen LogP contribution < -0.4 is 0 Å². The molecule has 26 heavy (non-hydrogen) atoms. The molecule has 0 fully saturated rings. The summed E-state index contributed by atoms with van der Waals surface area (Å²) in [6, 6.07) is 14.8. The van der Waals surface area contributed by atoms with Crippen molar-refractivity contribution in [3.8, 4) is 0 Å². The Morgan fingerprint density at radius 3 is 2.31 bits per heavy atom. The Balaban J connectivity index is 2.12. The molecular formula is C18H22ClO5PS. The van der Waals surface area contributed by atoms with E-state index in [1.807, 2.05) is 37.3 Å². The zero-order valence-electron chi connectivity index (χ0n) is 14.5. The van der Waals surface area contributed by atoms with E-state index >= 15 is 0 Å². The average Bonchev–Trinajstić information content (AvgIpc) is 2.62. The lowest BCUT2D eigenvalue weighted by Crippen LogP contribution is -2.10. The Labute approximate surface area is 159 Å². The first-order valence-corrected chi connectivity index (χ1v) is 12.0. The summed E-state index contributed by atoms with van der Waals surface area (Å²) in [5, 5.41) is 0.418. The van der Waals surface area contributed by atoms with Crippen LogP contribution in [0.1, 0.15) is 25.3 Å². The van der Waals surface area contributed by atoms with E-state index in [2.05, 4.69) is 0 Å². The number of halogens is 1. The van der Waals surface area contributed by atoms with Crippen LogP contribution in [0.3, 0.4) is 0 Å². The van der Waals surface area contributed by atoms with Gasteiger partial charge in [-0.25, -0.2) is 0 Å². The fourth-order valence-electron chi connectivity index (χ4n) is 2.18. The second-order valence-corrected chi connectivity index (χ2v) is 10.3. The molecule has 0 radical (unpaired) electrons. The van der Waals surface area contributed by atoms with Gasteiger partial charge in [-0.05, 0) is 36.2 Å². The number of rotatable bonds is 10. The van der Waals surface area contributed by atoms with Crippen molar-refractivity contribution >= 4 is 29.1 Å². The smallest absolute Gasteiger partial charge is 0.297 e. The summed E-state index contributed by atoms with van der Waals surface area (Å²) in [6.07, 6.45) is 1.24. The van der Waals surface area contributed by atoms with E-state index in [0.29, 0.717) is 11.6 Å². The average molecular weight is 417 g/mol. The fourth-order valence-corrected chi connectivity index (χ4v) is 5.60. The Hall–Kier alpha value is -1.17. The molecule has 1 unspecified atom stereocenters. The van der Waals surface area contributed by atoms with Gasteiger partial charge in [-0.15, -0.1) is 0 Å². The van der Waals surface area contributed by atoms with E-state index in [1.165, 1.54) is 24.3 Å². The van der Waals surface area contributed by atoms with Crippen molar-refractivity contribution in [2.24, 2.45) is 0 Å². The molecule has 0 N–H and O–H groups in total. The van der Waals surface area contributed by atoms with Crippen molar-refractivity contribution in [1.29, 1.82) is 0 Å². The van der Waals surface area contributed by atoms with Crippen LogP contribution in [0.2, 0.25) is 5.02 Å². The van der Waals surface area contributed by atoms with Gasteiger partial charge in [-0.2, -0.15) is 8.42 Å². The van der Waals surface area contributed by atoms with Gasteiger partial charge in [0.1, 0.15) is 6.35 Å². The Morgan fingerprint density at radius 2 is 1.69 bits per heavy atom. The molecule has 2 rings (SSSR count). The molecule has 0 spiro atoms. The Bertz CT molecular complexity index is 838. The summed E-state index contributed by atoms with van der Waals surface area (Å²) < 4.78 is 48.5. The highest BCUT2D eigenvalue weighted by atomic mass is 35.5. The van der Waals surface area contributed by atoms with Crippen LogP contribution >= 0.6 is 19.0 Å². The van der Waals surface area contributed by atoms with Gasteiger partial charge < -0.3 is 4.52 Å². The van der Waals surface area contributed by atoms with E-state index in [-0.39, 0.29) is 11.1 Å². The summed E-state index contributed by atoms with van der Waals surface area (Å²) in [6.45, 7) is 2.29. The molecule has 0 saturated carbocycles. The SMILES string of the molecule is CCCCOP(=O)(COS(=O)(=O)c1ccc(Cl)cc1)Cc1ccccc1. The molecular weight excluding hydrogens is 395 g/mol. The lowest BCUT2D eigenvalue weighted by molar-refractivity contribution is 0.276. The van der Waals surface area contributed by atoms with Crippen LogP contribution in [0.5, 0.6) is 0 Å². The number of hydrogen-bond acceptors (Lipinski definition) is 5. The van der Waals surface area contributed by atoms with E-state index < -0.39 is 23.8 Å². The molecule has 8 heteroatoms. The van der Waals surface area contributed by atoms with Gasteiger partial charge >= 0.3 is 0 Å². The first-order chi connectivity index (χ1) is 12.3. The summed E-state index contributed by atoms with van der Waals surface area (Å²) in [5.74, 6) is 0. The monoisotopic (exact) mass is 416 g/mol. The molecule has 0 bridgehead atoms. The Morgan fingerprint density at radius 1 is 1.04 bits per heavy atom. The van der Waals surface area contributed by atoms with Gasteiger partial charge in [-0.3, -0.25) is 8.75 Å². The quantitative estimate of drug-likeness (QED) is 0.298. The highest BCUT2D eigenvalue weighted by molar-refractivity contribution is 7.87. The maximum absolute atomic E-state index is 13.2. The highest BCUT2D eigenvalue weighted by Crippen LogP contribution is 2.51. The third kappa shape index (κ3) is 6.53. The minimum Gasteiger partial charge on any atom is -0.327 e. The van der Waals surface area contributed by atoms with Crippen molar-refractivity contribution < 1.29 is 21.7 Å². The van der Waals surface area contributed by atoms with Crippen molar-refractivity contribution in [2.45, 2.75) is 30.8 Å². The number of hydrogen-bond donors (Lipinski definition) is 0. The van der Waals surface area contributed by atoms with Crippen LogP contribution in [0.4, 0.5) is 0 Å². The van der Waals surface area contributed by atoms with Gasteiger partial charge in [0.15, 0.2) is 0 Å². The summed E-state index contributed by atoms with van der Waals surface area (Å²) >= 11 is 5.77. The normalized spacial score (nSPS) is 14.1. The highest BCUT2D eigenvalue weighted by Gasteiger charge is 2.28. The molecule has 0 aliphatic heterocycles. The molecule has 0 saturated heterocycles. The third-order valence-corrected chi connectivity index (χ3v) is 7.32. The second-order valence-electron chi connectivity index (χ2n) is 5.80. The first kappa shape index (κ1) is 21.1. The molecule has 0 aliphatic rings. The zero-order valence-corrected chi connectivity index (χ0v) is 17.0. The van der Waals surface area contributed by atoms with Crippen LogP contribution in [0.25, 0.3) is 0 Å². The molecule has 142 valence electrons. The van der Waals surface area contributed by atoms with Crippen molar-refractivity contribution in [2.75, 3.05) is 13.0 Å². The van der Waals surface area contributed by atoms with Crippen LogP contribution in [-0.4, -0.2) is 21.4 Å². The fraction of sp³-hybridized carbons (Fsp3) is 0.333. The molecule has 0 aromatic heterocycles. The van der Waals surface area contributed by atoms with Crippen LogP contribution in [0, 0.1) is 0 Å². The largest absolute Gasteiger partial charge is 0.327 e. The van der Waals surface area contributed by atoms with E-state index in [4.69, 9.17) is 20.3 Å². The van der Waals surface area contributed by atoms with Gasteiger partial charge in [0.25, 0.3) is 10.1 Å². The zero-order chi connectivity index (χ0) is 19.0. The number of unbranched alkanes of at least 4 members (excludes halogenated alkanes) is 1. The third-order valence-electron chi connectivity index (χ3n) is 3.60. The maximum Gasteiger partial charge on any atom is 0.297 e. The van der Waals surface area contributed by atoms with Crippen LogP contribution in [0.15, 0.2) is 59.5 Å². The predicted octanol–water partition coefficient (Wildman–Crippen LogP) is 5.30. The second kappa shape index (κ2) is 9.67. The molecule has 0 amide bonds. The van der Waals surface area contributed by atoms with Crippen molar-refractivity contribution in [3.05, 3.63) is 65.2 Å². The Kier molecular flexibility index (Phi) is 7.86. The van der Waals surface area contributed by atoms with E-state index in [1.54, 1.807) is 0 Å². The molecule has 0 heterocycles. The standard InChI is InChI=1S/C18H22ClO5PS/c1-2-3-13-23-25(20,14-16-7-5-4-6-8-16)15-24-26(21,22)18-11-9-17(19)10-12-18/h4-12H,2-3,13-15H2,1H3. The molecule has 5 nitrogen and oxygen atoms in total. The molecule has 2 aromatic carbocycles. The summed E-state index contributed by atoms with van der Waals surface area (Å²) in [4.78, 5) is -0.0401. The lowest BCUT2D eigenvalue weighted by atomic mass is 10.2. The molecule has 1 atom stereocenters. The van der Waals surface area contributed by atoms with Gasteiger partial charge in [0, 0.05) is 5.02 Å². The summed E-state index contributed by atoms with van der Waals surface area (Å²) in [7, 11) is -7.37. The predicted molar refractivity (Wildman–Crippen MR) is 103 cm³/mol. The molecule has 2 aromatic rings. The minimum atomic E-state index is -4.04. The van der Waals surface area contributed by atoms with Gasteiger partial charge in [-0.1, -0.05) is 55.3 Å². The maximum atomic E-state index is 13.2. The van der Waals surface area contributed by atoms with Gasteiger partial charge in [0.05, 0.1) is 17.7 Å². The molecule has 0 aliphatic carbocycles. The van der Waals surface area contributed by atoms with Crippen molar-refractivity contribution in [3.63, 3.8) is 0 Å². The van der Waals surface area contributed by atoms with E-state index in [0.717, 1.165) is 18.4 Å².